The number of rotatable bonds is 14. The van der Waals surface area contributed by atoms with Crippen LogP contribution in [-0.2, 0) is 8.62 Å². The van der Waals surface area contributed by atoms with Gasteiger partial charge in [0.25, 0.3) is 0 Å². The maximum atomic E-state index is 17.2. The maximum absolute atomic E-state index is 17.2. The molecule has 0 spiro atoms. The molecule has 20 heteroatoms. The van der Waals surface area contributed by atoms with Gasteiger partial charge in [-0.2, -0.15) is 0 Å². The summed E-state index contributed by atoms with van der Waals surface area (Å²) in [5.74, 6) is 0. The Balaban J connectivity index is 1.89. The van der Waals surface area contributed by atoms with Crippen molar-refractivity contribution in [3.63, 3.8) is 0 Å². The van der Waals surface area contributed by atoms with Crippen LogP contribution in [0.25, 0.3) is 22.1 Å². The van der Waals surface area contributed by atoms with Crippen LogP contribution >= 0.6 is 23.7 Å². The monoisotopic (exact) mass is 676 g/mol. The molecular weight excluding hydrogens is 632 g/mol. The molecule has 2 aromatic carbocycles. The molecule has 0 saturated carbocycles. The molecule has 0 saturated heterocycles. The molecule has 16 nitrogen and oxygen atoms in total. The first kappa shape index (κ1) is 34.6. The van der Waals surface area contributed by atoms with Gasteiger partial charge in [0.2, 0.25) is 0 Å². The zero-order valence-electron chi connectivity index (χ0n) is 27.3. The molecule has 0 aliphatic heterocycles. The summed E-state index contributed by atoms with van der Waals surface area (Å²) >= 11 is 0. The fourth-order valence-corrected chi connectivity index (χ4v) is 17.3. The summed E-state index contributed by atoms with van der Waals surface area (Å²) in [5, 5.41) is 16.9. The normalized spacial score (nSPS) is 15.9. The van der Waals surface area contributed by atoms with Gasteiger partial charge in [0, 0.05) is 0 Å². The zero-order chi connectivity index (χ0) is 32.7. The van der Waals surface area contributed by atoms with E-state index < -0.39 is 23.7 Å². The first-order chi connectivity index (χ1) is 20.6. The Bertz CT molecular complexity index is 1440. The fourth-order valence-electron chi connectivity index (χ4n) is 5.38. The quantitative estimate of drug-likeness (QED) is 0.181. The van der Waals surface area contributed by atoms with Gasteiger partial charge in [-0.05, 0) is 0 Å². The van der Waals surface area contributed by atoms with E-state index in [1.165, 1.54) is 9.69 Å². The Morgan fingerprint density at radius 1 is 0.545 bits per heavy atom. The molecule has 0 aliphatic rings. The second-order valence-corrected chi connectivity index (χ2v) is 21.4. The van der Waals surface area contributed by atoms with Crippen molar-refractivity contribution in [3.8, 4) is 0 Å². The number of aromatic nitrogens is 6. The topological polar surface area (TPSA) is 118 Å². The molecule has 4 rings (SSSR count). The van der Waals surface area contributed by atoms with E-state index in [4.69, 9.17) is 17.9 Å². The SMILES string of the molecule is CN(C)P(On1nnc2ccccc21)(OP(F)OP(On1nnc2ccccc21)(N(C)C)(N(C)C)N(C)C)(N(C)C)N(C)C. The number of hydrogen-bond acceptors (Lipinski definition) is 14. The van der Waals surface area contributed by atoms with Crippen LogP contribution in [0.5, 0.6) is 0 Å². The van der Waals surface area contributed by atoms with Gasteiger partial charge >= 0.3 is 259 Å². The van der Waals surface area contributed by atoms with Crippen molar-refractivity contribution in [2.75, 3.05) is 84.6 Å². The third-order valence-corrected chi connectivity index (χ3v) is 20.0. The third-order valence-electron chi connectivity index (χ3n) is 7.60. The van der Waals surface area contributed by atoms with Gasteiger partial charge in [-0.25, -0.2) is 0 Å². The minimum atomic E-state index is -4.58. The third kappa shape index (κ3) is 4.95. The van der Waals surface area contributed by atoms with Crippen molar-refractivity contribution in [2.45, 2.75) is 0 Å². The summed E-state index contributed by atoms with van der Waals surface area (Å²) < 4.78 is 54.1. The molecular formula is C24H44FN12O4P3. The number of benzene rings is 2. The van der Waals surface area contributed by atoms with E-state index in [1.807, 2.05) is 48.5 Å². The Labute approximate surface area is 259 Å². The van der Waals surface area contributed by atoms with Crippen LogP contribution in [0.3, 0.4) is 0 Å². The van der Waals surface area contributed by atoms with E-state index in [9.17, 15) is 0 Å². The number of hydrogen-bond donors (Lipinski definition) is 0. The molecule has 0 radical (unpaired) electrons. The summed E-state index contributed by atoms with van der Waals surface area (Å²) in [7, 11) is 8.56. The van der Waals surface area contributed by atoms with Gasteiger partial charge in [-0.3, -0.25) is 0 Å². The van der Waals surface area contributed by atoms with Crippen molar-refractivity contribution < 1.29 is 22.1 Å². The molecule has 0 atom stereocenters. The predicted molar refractivity (Wildman–Crippen MR) is 174 cm³/mol. The van der Waals surface area contributed by atoms with Gasteiger partial charge in [0.1, 0.15) is 0 Å². The van der Waals surface area contributed by atoms with Gasteiger partial charge in [-0.15, -0.1) is 0 Å². The summed E-state index contributed by atoms with van der Waals surface area (Å²) in [6.45, 7) is 0. The van der Waals surface area contributed by atoms with Crippen LogP contribution in [0.4, 0.5) is 4.20 Å². The van der Waals surface area contributed by atoms with Crippen LogP contribution in [0.15, 0.2) is 48.5 Å². The summed E-state index contributed by atoms with van der Waals surface area (Å²) in [6.07, 6.45) is 0. The van der Waals surface area contributed by atoms with Crippen LogP contribution < -0.4 is 9.25 Å². The zero-order valence-corrected chi connectivity index (χ0v) is 30.0. The van der Waals surface area contributed by atoms with Crippen molar-refractivity contribution in [2.24, 2.45) is 0 Å². The van der Waals surface area contributed by atoms with E-state index >= 15 is 4.20 Å². The fraction of sp³-hybridized carbons (Fsp3) is 0.500. The summed E-state index contributed by atoms with van der Waals surface area (Å²) in [4.78, 5) is 2.52. The second-order valence-electron chi connectivity index (χ2n) is 11.2. The number of fused-ring (bicyclic) bond motifs is 2. The summed E-state index contributed by atoms with van der Waals surface area (Å²) in [6, 6.07) is 14.6. The van der Waals surface area contributed by atoms with E-state index in [0.717, 1.165) is 0 Å². The van der Waals surface area contributed by atoms with Crippen molar-refractivity contribution >= 4 is 45.8 Å². The van der Waals surface area contributed by atoms with Gasteiger partial charge in [0.15, 0.2) is 0 Å². The Morgan fingerprint density at radius 2 is 0.841 bits per heavy atom. The minimum absolute atomic E-state index is 0.579. The Hall–Kier alpha value is -2.26. The molecule has 0 fully saturated rings. The van der Waals surface area contributed by atoms with Crippen LogP contribution in [0.1, 0.15) is 0 Å². The molecule has 0 aliphatic carbocycles. The van der Waals surface area contributed by atoms with Crippen LogP contribution in [0, 0.1) is 0 Å². The molecule has 2 aromatic heterocycles. The standard InChI is InChI=1S/C24H44FN12O4P3/c1-30(2)43(31(3)4,32(5)6,38-36-23-19-15-13-17-21(23)26-28-36)40-42(25)41-44(33(7)8,34(9)10,35(11)12)39-37-24-20-16-14-18-22(24)27-29-37/h13-20H,1-12H3. The molecule has 0 bridgehead atoms. The van der Waals surface area contributed by atoms with Crippen LogP contribution in [-0.4, -0.2) is 143 Å². The molecule has 44 heavy (non-hydrogen) atoms. The van der Waals surface area contributed by atoms with E-state index in [0.29, 0.717) is 22.1 Å². The first-order valence-electron chi connectivity index (χ1n) is 13.5. The van der Waals surface area contributed by atoms with Crippen molar-refractivity contribution in [1.82, 2.24) is 58.3 Å². The van der Waals surface area contributed by atoms with Crippen molar-refractivity contribution in [1.29, 1.82) is 0 Å². The Morgan fingerprint density at radius 3 is 1.14 bits per heavy atom. The molecule has 4 aromatic rings. The molecule has 2 heterocycles. The van der Waals surface area contributed by atoms with Gasteiger partial charge < -0.3 is 0 Å². The average molecular weight is 677 g/mol. The van der Waals surface area contributed by atoms with Gasteiger partial charge in [0.05, 0.1) is 0 Å². The molecule has 0 N–H and O–H groups in total. The van der Waals surface area contributed by atoms with E-state index in [2.05, 4.69) is 20.6 Å². The number of halogens is 1. The van der Waals surface area contributed by atoms with Gasteiger partial charge in [-0.1, -0.05) is 0 Å². The van der Waals surface area contributed by atoms with E-state index in [-0.39, 0.29) is 0 Å². The summed E-state index contributed by atoms with van der Waals surface area (Å²) in [5.41, 5.74) is 2.36. The number of nitrogens with zero attached hydrogens (tertiary/aromatic N) is 12. The molecule has 0 amide bonds. The number of para-hydroxylation sites is 2. The predicted octanol–water partition coefficient (Wildman–Crippen LogP) is 3.59. The molecule has 246 valence electrons. The average Bonchev–Trinajstić information content (AvgIpc) is 3.55. The first-order valence-corrected chi connectivity index (χ1v) is 18.5. The van der Waals surface area contributed by atoms with Crippen molar-refractivity contribution in [3.05, 3.63) is 48.5 Å². The van der Waals surface area contributed by atoms with E-state index in [1.54, 1.807) is 113 Å². The Kier molecular flexibility index (Phi) is 9.56. The second kappa shape index (κ2) is 12.2. The molecule has 0 unspecified atom stereocenters. The van der Waals surface area contributed by atoms with Crippen LogP contribution in [0.2, 0.25) is 0 Å².